The molecular formula is C10H17N5. The van der Waals surface area contributed by atoms with Gasteiger partial charge >= 0.3 is 0 Å². The van der Waals surface area contributed by atoms with Gasteiger partial charge < -0.3 is 11.5 Å². The minimum Gasteiger partial charge on any atom is -0.384 e. The van der Waals surface area contributed by atoms with Crippen molar-refractivity contribution in [3.8, 4) is 0 Å². The highest BCUT2D eigenvalue weighted by molar-refractivity contribution is 6.02. The van der Waals surface area contributed by atoms with Gasteiger partial charge in [0, 0.05) is 18.0 Å². The maximum atomic E-state index is 5.58. The maximum absolute atomic E-state index is 5.58. The Bertz CT molecular complexity index is 343. The zero-order valence-corrected chi connectivity index (χ0v) is 9.36. The molecule has 0 aromatic rings. The molecular weight excluding hydrogens is 190 g/mol. The summed E-state index contributed by atoms with van der Waals surface area (Å²) in [5, 5.41) is 0. The van der Waals surface area contributed by atoms with Gasteiger partial charge in [-0.25, -0.2) is 15.0 Å². The van der Waals surface area contributed by atoms with E-state index in [1.54, 1.807) is 13.1 Å². The number of amidine groups is 1. The highest BCUT2D eigenvalue weighted by Crippen LogP contribution is 1.95. The molecule has 4 N–H and O–H groups in total. The van der Waals surface area contributed by atoms with E-state index in [2.05, 4.69) is 21.6 Å². The Morgan fingerprint density at radius 1 is 1.20 bits per heavy atom. The van der Waals surface area contributed by atoms with Gasteiger partial charge in [-0.15, -0.1) is 0 Å². The molecule has 0 aromatic heterocycles. The summed E-state index contributed by atoms with van der Waals surface area (Å²) in [6, 6.07) is 0. The number of nitrogens with zero attached hydrogens (tertiary/aromatic N) is 3. The van der Waals surface area contributed by atoms with Gasteiger partial charge in [-0.05, 0) is 20.8 Å². The van der Waals surface area contributed by atoms with E-state index < -0.39 is 0 Å². The van der Waals surface area contributed by atoms with Gasteiger partial charge in [0.15, 0.2) is 5.84 Å². The van der Waals surface area contributed by atoms with Crippen LogP contribution in [0.15, 0.2) is 39.3 Å². The van der Waals surface area contributed by atoms with E-state index in [-0.39, 0.29) is 5.82 Å². The van der Waals surface area contributed by atoms with E-state index in [1.165, 1.54) is 6.08 Å². The zero-order chi connectivity index (χ0) is 11.8. The molecule has 0 amide bonds. The van der Waals surface area contributed by atoms with Crippen molar-refractivity contribution in [3.05, 3.63) is 24.3 Å². The van der Waals surface area contributed by atoms with Gasteiger partial charge in [0.2, 0.25) is 0 Å². The lowest BCUT2D eigenvalue weighted by Gasteiger charge is -1.97. The van der Waals surface area contributed by atoms with Crippen molar-refractivity contribution in [3.63, 3.8) is 0 Å². The summed E-state index contributed by atoms with van der Waals surface area (Å²) >= 11 is 0. The summed E-state index contributed by atoms with van der Waals surface area (Å²) in [5.41, 5.74) is 11.8. The SMILES string of the molecule is C=C(N)/N=C(\C=C(/N)N=CC)N=C(C)C. The van der Waals surface area contributed by atoms with Gasteiger partial charge in [0.1, 0.15) is 11.6 Å². The average molecular weight is 207 g/mol. The molecule has 0 saturated heterocycles. The van der Waals surface area contributed by atoms with E-state index >= 15 is 0 Å². The molecule has 0 aliphatic carbocycles. The molecule has 5 nitrogen and oxygen atoms in total. The summed E-state index contributed by atoms with van der Waals surface area (Å²) in [6.45, 7) is 8.94. The largest absolute Gasteiger partial charge is 0.384 e. The molecule has 0 radical (unpaired) electrons. The van der Waals surface area contributed by atoms with E-state index in [1.807, 2.05) is 13.8 Å². The third kappa shape index (κ3) is 7.18. The van der Waals surface area contributed by atoms with Crippen LogP contribution in [-0.2, 0) is 0 Å². The Balaban J connectivity index is 5.06. The predicted octanol–water partition coefficient (Wildman–Crippen LogP) is 1.19. The second-order valence-corrected chi connectivity index (χ2v) is 2.98. The van der Waals surface area contributed by atoms with E-state index in [9.17, 15) is 0 Å². The van der Waals surface area contributed by atoms with Gasteiger partial charge in [0.05, 0.1) is 0 Å². The molecule has 0 aromatic carbocycles. The molecule has 0 aliphatic rings. The monoisotopic (exact) mass is 207 g/mol. The standard InChI is InChI=1S/C10H17N5/c1-5-13-9(12)6-10(14-7(2)3)15-8(4)11/h5-6H,4,11-12H2,1-3H3/b9-6+,13-5?,15-10+. The van der Waals surface area contributed by atoms with Crippen LogP contribution in [0.5, 0.6) is 0 Å². The van der Waals surface area contributed by atoms with Crippen LogP contribution in [0.3, 0.4) is 0 Å². The van der Waals surface area contributed by atoms with Crippen molar-refractivity contribution in [1.29, 1.82) is 0 Å². The summed E-state index contributed by atoms with van der Waals surface area (Å²) < 4.78 is 0. The average Bonchev–Trinajstić information content (AvgIpc) is 2.00. The van der Waals surface area contributed by atoms with Gasteiger partial charge in [-0.3, -0.25) is 0 Å². The molecule has 0 bridgehead atoms. The van der Waals surface area contributed by atoms with Gasteiger partial charge in [0.25, 0.3) is 0 Å². The van der Waals surface area contributed by atoms with E-state index in [0.717, 1.165) is 5.71 Å². The van der Waals surface area contributed by atoms with Crippen molar-refractivity contribution in [1.82, 2.24) is 0 Å². The van der Waals surface area contributed by atoms with Gasteiger partial charge in [-0.1, -0.05) is 6.58 Å². The molecule has 0 unspecified atom stereocenters. The third-order valence-electron chi connectivity index (χ3n) is 1.15. The normalized spacial score (nSPS) is 13.0. The molecule has 0 fully saturated rings. The first-order valence-corrected chi connectivity index (χ1v) is 4.46. The Morgan fingerprint density at radius 2 is 1.80 bits per heavy atom. The van der Waals surface area contributed by atoms with Crippen LogP contribution in [0.1, 0.15) is 20.8 Å². The first kappa shape index (κ1) is 13.1. The topological polar surface area (TPSA) is 89.1 Å². The second kappa shape index (κ2) is 6.53. The summed E-state index contributed by atoms with van der Waals surface area (Å²) in [4.78, 5) is 11.9. The second-order valence-electron chi connectivity index (χ2n) is 2.98. The molecule has 0 spiro atoms. The summed E-state index contributed by atoms with van der Waals surface area (Å²) in [5.74, 6) is 0.896. The number of hydrogen-bond acceptors (Lipinski definition) is 4. The van der Waals surface area contributed by atoms with Crippen molar-refractivity contribution >= 4 is 17.8 Å². The van der Waals surface area contributed by atoms with Gasteiger partial charge in [-0.2, -0.15) is 0 Å². The lowest BCUT2D eigenvalue weighted by atomic mass is 10.4. The number of rotatable bonds is 3. The van der Waals surface area contributed by atoms with E-state index in [4.69, 9.17) is 11.5 Å². The maximum Gasteiger partial charge on any atom is 0.157 e. The molecule has 0 atom stereocenters. The van der Waals surface area contributed by atoms with Crippen molar-refractivity contribution < 1.29 is 0 Å². The van der Waals surface area contributed by atoms with Crippen LogP contribution in [-0.4, -0.2) is 17.8 Å². The van der Waals surface area contributed by atoms with Crippen LogP contribution >= 0.6 is 0 Å². The van der Waals surface area contributed by atoms with Crippen LogP contribution < -0.4 is 11.5 Å². The Kier molecular flexibility index (Phi) is 5.70. The lowest BCUT2D eigenvalue weighted by Crippen LogP contribution is -2.03. The molecule has 0 heterocycles. The minimum absolute atomic E-state index is 0.180. The Labute approximate surface area is 90.0 Å². The van der Waals surface area contributed by atoms with E-state index in [0.29, 0.717) is 11.7 Å². The molecule has 5 heteroatoms. The van der Waals surface area contributed by atoms with Crippen LogP contribution in [0.2, 0.25) is 0 Å². The predicted molar refractivity (Wildman–Crippen MR) is 66.0 cm³/mol. The third-order valence-corrected chi connectivity index (χ3v) is 1.15. The number of nitrogens with two attached hydrogens (primary N) is 2. The molecule has 15 heavy (non-hydrogen) atoms. The highest BCUT2D eigenvalue weighted by Gasteiger charge is 1.94. The highest BCUT2D eigenvalue weighted by atomic mass is 15.0. The molecule has 0 rings (SSSR count). The summed E-state index contributed by atoms with van der Waals surface area (Å²) in [7, 11) is 0. The van der Waals surface area contributed by atoms with Crippen LogP contribution in [0.4, 0.5) is 0 Å². The van der Waals surface area contributed by atoms with Crippen molar-refractivity contribution in [2.45, 2.75) is 20.8 Å². The Hall–Kier alpha value is -1.91. The number of hydrogen-bond donors (Lipinski definition) is 2. The van der Waals surface area contributed by atoms with Crippen molar-refractivity contribution in [2.75, 3.05) is 0 Å². The zero-order valence-electron chi connectivity index (χ0n) is 9.36. The molecule has 82 valence electrons. The fourth-order valence-corrected chi connectivity index (χ4v) is 0.784. The lowest BCUT2D eigenvalue weighted by molar-refractivity contribution is 1.23. The summed E-state index contributed by atoms with van der Waals surface area (Å²) in [6.07, 6.45) is 3.12. The molecule has 0 saturated carbocycles. The van der Waals surface area contributed by atoms with Crippen LogP contribution in [0.25, 0.3) is 0 Å². The molecule has 0 aliphatic heterocycles. The van der Waals surface area contributed by atoms with Crippen molar-refractivity contribution in [2.24, 2.45) is 26.4 Å². The number of aliphatic imine (C=N–C) groups is 3. The minimum atomic E-state index is 0.180. The first-order chi connectivity index (χ1) is 6.95. The quantitative estimate of drug-likeness (QED) is 0.537. The fraction of sp³-hybridized carbons (Fsp3) is 0.300. The van der Waals surface area contributed by atoms with Crippen LogP contribution in [0, 0.1) is 0 Å². The Morgan fingerprint density at radius 3 is 2.20 bits per heavy atom. The fourth-order valence-electron chi connectivity index (χ4n) is 0.784. The smallest absolute Gasteiger partial charge is 0.157 e. The first-order valence-electron chi connectivity index (χ1n) is 4.46.